The van der Waals surface area contributed by atoms with Crippen molar-refractivity contribution in [3.63, 3.8) is 0 Å². The predicted molar refractivity (Wildman–Crippen MR) is 79.4 cm³/mol. The van der Waals surface area contributed by atoms with E-state index >= 15 is 0 Å². The van der Waals surface area contributed by atoms with Gasteiger partial charge in [-0.15, -0.1) is 22.7 Å². The summed E-state index contributed by atoms with van der Waals surface area (Å²) in [6.07, 6.45) is 1.12. The number of hydrogen-bond acceptors (Lipinski definition) is 3. The lowest BCUT2D eigenvalue weighted by Crippen LogP contribution is -2.15. The van der Waals surface area contributed by atoms with Crippen LogP contribution >= 0.6 is 54.5 Å². The second-order valence-corrected chi connectivity index (χ2v) is 7.68. The summed E-state index contributed by atoms with van der Waals surface area (Å²) in [6, 6.07) is 6.45. The minimum absolute atomic E-state index is 0.945. The summed E-state index contributed by atoms with van der Waals surface area (Å²) in [5.74, 6) is 0. The molecule has 0 unspecified atom stereocenters. The van der Waals surface area contributed by atoms with Gasteiger partial charge in [-0.3, -0.25) is 0 Å². The average Bonchev–Trinajstić information content (AvgIpc) is 2.85. The summed E-state index contributed by atoms with van der Waals surface area (Å²) in [5.41, 5.74) is 0. The van der Waals surface area contributed by atoms with Crippen molar-refractivity contribution in [2.75, 3.05) is 6.54 Å². The van der Waals surface area contributed by atoms with Crippen molar-refractivity contribution < 1.29 is 0 Å². The molecule has 1 N–H and O–H groups in total. The topological polar surface area (TPSA) is 12.0 Å². The second kappa shape index (κ2) is 6.31. The second-order valence-electron chi connectivity index (χ2n) is 3.34. The molecule has 86 valence electrons. The van der Waals surface area contributed by atoms with Crippen molar-refractivity contribution in [3.05, 3.63) is 41.6 Å². The van der Waals surface area contributed by atoms with Gasteiger partial charge < -0.3 is 5.32 Å². The van der Waals surface area contributed by atoms with Crippen molar-refractivity contribution >= 4 is 54.5 Å². The summed E-state index contributed by atoms with van der Waals surface area (Å²) < 4.78 is 2.31. The van der Waals surface area contributed by atoms with E-state index in [2.05, 4.69) is 60.8 Å². The number of thiophene rings is 2. The van der Waals surface area contributed by atoms with Gasteiger partial charge in [-0.05, 0) is 55.8 Å². The van der Waals surface area contributed by atoms with Crippen molar-refractivity contribution in [1.29, 1.82) is 0 Å². The molecule has 0 aliphatic rings. The molecule has 0 radical (unpaired) electrons. The zero-order valence-electron chi connectivity index (χ0n) is 8.50. The van der Waals surface area contributed by atoms with Gasteiger partial charge in [0.25, 0.3) is 0 Å². The maximum absolute atomic E-state index is 3.50. The number of nitrogens with one attached hydrogen (secondary N) is 1. The summed E-state index contributed by atoms with van der Waals surface area (Å²) in [6.45, 7) is 1.98. The van der Waals surface area contributed by atoms with Crippen LogP contribution in [-0.2, 0) is 13.0 Å². The smallest absolute Gasteiger partial charge is 0.0843 e. The third-order valence-electron chi connectivity index (χ3n) is 2.12. The first-order chi connectivity index (χ1) is 7.75. The van der Waals surface area contributed by atoms with Gasteiger partial charge in [0.05, 0.1) is 3.79 Å². The van der Waals surface area contributed by atoms with Gasteiger partial charge in [0.2, 0.25) is 0 Å². The summed E-state index contributed by atoms with van der Waals surface area (Å²) >= 11 is 10.6. The fraction of sp³-hybridized carbons (Fsp3) is 0.273. The van der Waals surface area contributed by atoms with Gasteiger partial charge in [0.1, 0.15) is 0 Å². The maximum Gasteiger partial charge on any atom is 0.0843 e. The van der Waals surface area contributed by atoms with E-state index in [1.807, 2.05) is 11.3 Å². The molecule has 0 aromatic carbocycles. The van der Waals surface area contributed by atoms with Crippen LogP contribution in [0.15, 0.2) is 31.8 Å². The standard InChI is InChI=1S/C11H11Br2NS2/c12-10-6-9(16-11(10)13)7-14-4-3-8-2-1-5-15-8/h1-2,5-6,14H,3-4,7H2. The van der Waals surface area contributed by atoms with Gasteiger partial charge in [0, 0.05) is 27.3 Å². The molecular weight excluding hydrogens is 370 g/mol. The van der Waals surface area contributed by atoms with Crippen molar-refractivity contribution in [2.24, 2.45) is 0 Å². The fourth-order valence-corrected chi connectivity index (χ4v) is 4.21. The van der Waals surface area contributed by atoms with Crippen LogP contribution in [-0.4, -0.2) is 6.54 Å². The summed E-state index contributed by atoms with van der Waals surface area (Å²) in [4.78, 5) is 2.80. The third kappa shape index (κ3) is 3.67. The van der Waals surface area contributed by atoms with E-state index in [9.17, 15) is 0 Å². The normalized spacial score (nSPS) is 10.9. The zero-order chi connectivity index (χ0) is 11.4. The van der Waals surface area contributed by atoms with E-state index in [0.29, 0.717) is 0 Å². The Morgan fingerprint density at radius 1 is 1.25 bits per heavy atom. The minimum atomic E-state index is 0.945. The van der Waals surface area contributed by atoms with Crippen LogP contribution in [0.25, 0.3) is 0 Å². The first-order valence-corrected chi connectivity index (χ1v) is 8.21. The molecule has 0 aliphatic heterocycles. The molecule has 2 heterocycles. The Morgan fingerprint density at radius 2 is 2.12 bits per heavy atom. The monoisotopic (exact) mass is 379 g/mol. The molecule has 0 spiro atoms. The van der Waals surface area contributed by atoms with E-state index in [1.165, 1.54) is 13.5 Å². The molecule has 1 nitrogen and oxygen atoms in total. The number of rotatable bonds is 5. The first-order valence-electron chi connectivity index (χ1n) is 4.92. The quantitative estimate of drug-likeness (QED) is 0.743. The lowest BCUT2D eigenvalue weighted by Gasteiger charge is -2.00. The molecule has 0 aliphatic carbocycles. The van der Waals surface area contributed by atoms with Crippen LogP contribution in [0.4, 0.5) is 0 Å². The van der Waals surface area contributed by atoms with Gasteiger partial charge in [-0.2, -0.15) is 0 Å². The van der Waals surface area contributed by atoms with E-state index in [4.69, 9.17) is 0 Å². The largest absolute Gasteiger partial charge is 0.311 e. The first kappa shape index (κ1) is 12.8. The molecule has 2 aromatic heterocycles. The van der Waals surface area contributed by atoms with Crippen LogP contribution in [0.1, 0.15) is 9.75 Å². The maximum atomic E-state index is 3.50. The van der Waals surface area contributed by atoms with Crippen molar-refractivity contribution in [3.8, 4) is 0 Å². The Kier molecular flexibility index (Phi) is 5.03. The molecule has 0 bridgehead atoms. The number of hydrogen-bond donors (Lipinski definition) is 1. The van der Waals surface area contributed by atoms with E-state index in [0.717, 1.165) is 24.0 Å². The van der Waals surface area contributed by atoms with Crippen molar-refractivity contribution in [1.82, 2.24) is 5.32 Å². The Bertz CT molecular complexity index is 417. The average molecular weight is 381 g/mol. The predicted octanol–water partition coefficient (Wildman–Crippen LogP) is 4.67. The number of halogens is 2. The lowest BCUT2D eigenvalue weighted by atomic mass is 10.3. The Hall–Kier alpha value is 0.320. The molecule has 0 atom stereocenters. The van der Waals surface area contributed by atoms with E-state index < -0.39 is 0 Å². The van der Waals surface area contributed by atoms with Gasteiger partial charge in [0.15, 0.2) is 0 Å². The summed E-state index contributed by atoms with van der Waals surface area (Å²) in [5, 5.41) is 5.58. The van der Waals surface area contributed by atoms with Crippen LogP contribution in [0.5, 0.6) is 0 Å². The third-order valence-corrected chi connectivity index (χ3v) is 6.32. The fourth-order valence-electron chi connectivity index (χ4n) is 1.36. The molecule has 16 heavy (non-hydrogen) atoms. The van der Waals surface area contributed by atoms with Crippen LogP contribution in [0, 0.1) is 0 Å². The molecule has 5 heteroatoms. The molecule has 0 fully saturated rings. The van der Waals surface area contributed by atoms with E-state index in [1.54, 1.807) is 11.3 Å². The van der Waals surface area contributed by atoms with Crippen LogP contribution < -0.4 is 5.32 Å². The van der Waals surface area contributed by atoms with E-state index in [-0.39, 0.29) is 0 Å². The highest BCUT2D eigenvalue weighted by atomic mass is 79.9. The Morgan fingerprint density at radius 3 is 2.75 bits per heavy atom. The van der Waals surface area contributed by atoms with Crippen LogP contribution in [0.3, 0.4) is 0 Å². The highest BCUT2D eigenvalue weighted by Crippen LogP contribution is 2.32. The highest BCUT2D eigenvalue weighted by Gasteiger charge is 2.03. The molecule has 2 rings (SSSR count). The van der Waals surface area contributed by atoms with Crippen LogP contribution in [0.2, 0.25) is 0 Å². The minimum Gasteiger partial charge on any atom is -0.311 e. The van der Waals surface area contributed by atoms with Gasteiger partial charge in [-0.25, -0.2) is 0 Å². The molecule has 0 amide bonds. The van der Waals surface area contributed by atoms with Crippen molar-refractivity contribution in [2.45, 2.75) is 13.0 Å². The molecule has 0 saturated heterocycles. The van der Waals surface area contributed by atoms with Gasteiger partial charge >= 0.3 is 0 Å². The highest BCUT2D eigenvalue weighted by molar-refractivity contribution is 9.13. The lowest BCUT2D eigenvalue weighted by molar-refractivity contribution is 0.697. The van der Waals surface area contributed by atoms with Gasteiger partial charge in [-0.1, -0.05) is 6.07 Å². The molecular formula is C11H11Br2NS2. The SMILES string of the molecule is Brc1cc(CNCCc2cccs2)sc1Br. The molecule has 2 aromatic rings. The Labute approximate surface area is 120 Å². The Balaban J connectivity index is 1.72. The molecule has 0 saturated carbocycles. The zero-order valence-corrected chi connectivity index (χ0v) is 13.3. The summed E-state index contributed by atoms with van der Waals surface area (Å²) in [7, 11) is 0.